The SMILES string of the molecule is Cc1[nH]nc(S(=O)(=O)N(C)C)c1C(=O)O. The van der Waals surface area contributed by atoms with Gasteiger partial charge < -0.3 is 5.11 Å². The van der Waals surface area contributed by atoms with Crippen LogP contribution in [0.5, 0.6) is 0 Å². The van der Waals surface area contributed by atoms with Gasteiger partial charge >= 0.3 is 5.97 Å². The summed E-state index contributed by atoms with van der Waals surface area (Å²) >= 11 is 0. The molecule has 0 saturated carbocycles. The molecule has 8 heteroatoms. The minimum Gasteiger partial charge on any atom is -0.478 e. The highest BCUT2D eigenvalue weighted by molar-refractivity contribution is 7.89. The molecular formula is C7H11N3O4S. The Labute approximate surface area is 86.8 Å². The third-order valence-electron chi connectivity index (χ3n) is 1.85. The fraction of sp³-hybridized carbons (Fsp3) is 0.429. The number of carboxylic acids is 1. The van der Waals surface area contributed by atoms with E-state index in [1.807, 2.05) is 0 Å². The molecule has 1 aromatic rings. The number of H-pyrrole nitrogens is 1. The van der Waals surface area contributed by atoms with Crippen molar-refractivity contribution in [2.75, 3.05) is 14.1 Å². The summed E-state index contributed by atoms with van der Waals surface area (Å²) in [6.07, 6.45) is 0. The number of aromatic amines is 1. The Morgan fingerprint density at radius 2 is 2.00 bits per heavy atom. The van der Waals surface area contributed by atoms with Gasteiger partial charge in [0.1, 0.15) is 5.56 Å². The van der Waals surface area contributed by atoms with Crippen LogP contribution in [-0.4, -0.2) is 48.1 Å². The summed E-state index contributed by atoms with van der Waals surface area (Å²) in [6.45, 7) is 1.45. The molecule has 0 bridgehead atoms. The van der Waals surface area contributed by atoms with Gasteiger partial charge in [-0.05, 0) is 6.92 Å². The molecule has 0 radical (unpaired) electrons. The second kappa shape index (κ2) is 3.63. The lowest BCUT2D eigenvalue weighted by Gasteiger charge is -2.08. The van der Waals surface area contributed by atoms with Crippen LogP contribution in [0.3, 0.4) is 0 Å². The number of aryl methyl sites for hydroxylation is 1. The number of aromatic nitrogens is 2. The van der Waals surface area contributed by atoms with Crippen molar-refractivity contribution < 1.29 is 18.3 Å². The van der Waals surface area contributed by atoms with E-state index in [0.717, 1.165) is 4.31 Å². The van der Waals surface area contributed by atoms with E-state index >= 15 is 0 Å². The lowest BCUT2D eigenvalue weighted by molar-refractivity contribution is 0.0691. The minimum absolute atomic E-state index is 0.211. The number of carboxylic acid groups (broad SMARTS) is 1. The van der Waals surface area contributed by atoms with Gasteiger partial charge in [0.2, 0.25) is 5.03 Å². The molecule has 0 unspecified atom stereocenters. The average molecular weight is 233 g/mol. The molecule has 0 spiro atoms. The summed E-state index contributed by atoms with van der Waals surface area (Å²) < 4.78 is 24.2. The fourth-order valence-corrected chi connectivity index (χ4v) is 2.02. The largest absolute Gasteiger partial charge is 0.478 e. The first-order valence-electron chi connectivity index (χ1n) is 3.99. The molecule has 0 atom stereocenters. The van der Waals surface area contributed by atoms with Crippen molar-refractivity contribution in [2.45, 2.75) is 11.9 Å². The van der Waals surface area contributed by atoms with Crippen LogP contribution in [0.25, 0.3) is 0 Å². The Bertz CT molecular complexity index is 488. The first-order chi connectivity index (χ1) is 6.78. The number of hydrogen-bond donors (Lipinski definition) is 2. The van der Waals surface area contributed by atoms with Gasteiger partial charge in [0.25, 0.3) is 10.0 Å². The predicted octanol–water partition coefficient (Wildman–Crippen LogP) is -0.333. The molecule has 7 nitrogen and oxygen atoms in total. The van der Waals surface area contributed by atoms with E-state index in [9.17, 15) is 13.2 Å². The summed E-state index contributed by atoms with van der Waals surface area (Å²) in [4.78, 5) is 10.8. The maximum atomic E-state index is 11.7. The van der Waals surface area contributed by atoms with E-state index in [-0.39, 0.29) is 11.3 Å². The summed E-state index contributed by atoms with van der Waals surface area (Å²) in [5.41, 5.74) is -0.105. The molecule has 0 aliphatic rings. The molecule has 0 amide bonds. The zero-order valence-electron chi connectivity index (χ0n) is 8.47. The van der Waals surface area contributed by atoms with Gasteiger partial charge in [-0.3, -0.25) is 5.10 Å². The molecule has 0 aliphatic carbocycles. The van der Waals surface area contributed by atoms with Crippen LogP contribution in [0, 0.1) is 6.92 Å². The summed E-state index contributed by atoms with van der Waals surface area (Å²) in [6, 6.07) is 0. The predicted molar refractivity (Wildman–Crippen MR) is 51.2 cm³/mol. The summed E-state index contributed by atoms with van der Waals surface area (Å²) in [5, 5.41) is 14.2. The van der Waals surface area contributed by atoms with E-state index in [1.165, 1.54) is 21.0 Å². The second-order valence-electron chi connectivity index (χ2n) is 3.12. The van der Waals surface area contributed by atoms with Gasteiger partial charge in [-0.15, -0.1) is 0 Å². The molecule has 0 aliphatic heterocycles. The molecular weight excluding hydrogens is 222 g/mol. The normalized spacial score (nSPS) is 12.0. The molecule has 0 fully saturated rings. The zero-order chi connectivity index (χ0) is 11.8. The Kier molecular flexibility index (Phi) is 2.82. The molecule has 1 aromatic heterocycles. The first kappa shape index (κ1) is 11.7. The van der Waals surface area contributed by atoms with Gasteiger partial charge in [0.05, 0.1) is 0 Å². The average Bonchev–Trinajstić information content (AvgIpc) is 2.47. The number of nitrogens with one attached hydrogen (secondary N) is 1. The van der Waals surface area contributed by atoms with Crippen LogP contribution in [0.1, 0.15) is 16.1 Å². The molecule has 2 N–H and O–H groups in total. The van der Waals surface area contributed by atoms with Crippen molar-refractivity contribution >= 4 is 16.0 Å². The van der Waals surface area contributed by atoms with E-state index in [2.05, 4.69) is 10.2 Å². The molecule has 0 aromatic carbocycles. The standard InChI is InChI=1S/C7H11N3O4S/c1-4-5(7(11)12)6(9-8-4)15(13,14)10(2)3/h1-3H3,(H,8,9)(H,11,12). The number of aromatic carboxylic acids is 1. The number of hydrogen-bond acceptors (Lipinski definition) is 4. The Balaban J connectivity index is 3.47. The monoisotopic (exact) mass is 233 g/mol. The lowest BCUT2D eigenvalue weighted by Crippen LogP contribution is -2.24. The molecule has 1 rings (SSSR count). The van der Waals surface area contributed by atoms with Crippen LogP contribution >= 0.6 is 0 Å². The maximum Gasteiger partial charge on any atom is 0.340 e. The topological polar surface area (TPSA) is 103 Å². The summed E-state index contributed by atoms with van der Waals surface area (Å²) in [7, 11) is -1.20. The number of sulfonamides is 1. The van der Waals surface area contributed by atoms with Crippen LogP contribution < -0.4 is 0 Å². The van der Waals surface area contributed by atoms with Gasteiger partial charge in [0, 0.05) is 19.8 Å². The highest BCUT2D eigenvalue weighted by Gasteiger charge is 2.29. The Morgan fingerprint density at radius 1 is 1.47 bits per heavy atom. The van der Waals surface area contributed by atoms with Gasteiger partial charge in [-0.1, -0.05) is 0 Å². The third kappa shape index (κ3) is 1.85. The first-order valence-corrected chi connectivity index (χ1v) is 5.43. The zero-order valence-corrected chi connectivity index (χ0v) is 9.29. The van der Waals surface area contributed by atoms with E-state index in [1.54, 1.807) is 0 Å². The van der Waals surface area contributed by atoms with Gasteiger partial charge in [0.15, 0.2) is 0 Å². The van der Waals surface area contributed by atoms with Crippen molar-refractivity contribution in [2.24, 2.45) is 0 Å². The fourth-order valence-electron chi connectivity index (χ4n) is 1.02. The summed E-state index contributed by atoms with van der Waals surface area (Å²) in [5.74, 6) is -1.32. The lowest BCUT2D eigenvalue weighted by atomic mass is 10.3. The Morgan fingerprint density at radius 3 is 2.40 bits per heavy atom. The number of rotatable bonds is 3. The van der Waals surface area contributed by atoms with Crippen molar-refractivity contribution in [3.8, 4) is 0 Å². The minimum atomic E-state index is -3.82. The quantitative estimate of drug-likeness (QED) is 0.743. The van der Waals surface area contributed by atoms with Crippen LogP contribution in [0.4, 0.5) is 0 Å². The van der Waals surface area contributed by atoms with Crippen molar-refractivity contribution in [1.82, 2.24) is 14.5 Å². The Hall–Kier alpha value is -1.41. The maximum absolute atomic E-state index is 11.7. The van der Waals surface area contributed by atoms with Gasteiger partial charge in [-0.2, -0.15) is 5.10 Å². The molecule has 15 heavy (non-hydrogen) atoms. The van der Waals surface area contributed by atoms with Crippen LogP contribution in [-0.2, 0) is 10.0 Å². The van der Waals surface area contributed by atoms with Crippen LogP contribution in [0.15, 0.2) is 5.03 Å². The third-order valence-corrected chi connectivity index (χ3v) is 3.60. The van der Waals surface area contributed by atoms with Crippen molar-refractivity contribution in [1.29, 1.82) is 0 Å². The van der Waals surface area contributed by atoms with E-state index in [4.69, 9.17) is 5.11 Å². The molecule has 84 valence electrons. The van der Waals surface area contributed by atoms with Crippen LogP contribution in [0.2, 0.25) is 0 Å². The number of carbonyl (C=O) groups is 1. The van der Waals surface area contributed by atoms with Crippen molar-refractivity contribution in [3.05, 3.63) is 11.3 Å². The van der Waals surface area contributed by atoms with Gasteiger partial charge in [-0.25, -0.2) is 17.5 Å². The highest BCUT2D eigenvalue weighted by Crippen LogP contribution is 2.18. The second-order valence-corrected chi connectivity index (χ2v) is 5.19. The molecule has 0 saturated heterocycles. The molecule has 1 heterocycles. The van der Waals surface area contributed by atoms with E-state index < -0.39 is 21.0 Å². The van der Waals surface area contributed by atoms with E-state index in [0.29, 0.717) is 0 Å². The van der Waals surface area contributed by atoms with Crippen molar-refractivity contribution in [3.63, 3.8) is 0 Å². The smallest absolute Gasteiger partial charge is 0.340 e. The highest BCUT2D eigenvalue weighted by atomic mass is 32.2. The number of nitrogens with zero attached hydrogens (tertiary/aromatic N) is 2.